The van der Waals surface area contributed by atoms with Crippen molar-refractivity contribution in [3.63, 3.8) is 0 Å². The first kappa shape index (κ1) is 22.0. The van der Waals surface area contributed by atoms with Gasteiger partial charge in [0.2, 0.25) is 0 Å². The molecule has 9 nitrogen and oxygen atoms in total. The number of anilines is 1. The number of aromatic amines is 1. The van der Waals surface area contributed by atoms with Gasteiger partial charge in [-0.05, 0) is 48.2 Å². The Morgan fingerprint density at radius 3 is 2.56 bits per heavy atom. The lowest BCUT2D eigenvalue weighted by molar-refractivity contribution is 0.0827. The monoisotopic (exact) mass is 483 g/mol. The molecule has 12 heteroatoms. The molecule has 2 N–H and O–H groups in total. The number of hydrogen-bond acceptors (Lipinski definition) is 9. The van der Waals surface area contributed by atoms with E-state index in [0.717, 1.165) is 4.90 Å². The van der Waals surface area contributed by atoms with Crippen molar-refractivity contribution in [2.75, 3.05) is 19.4 Å². The number of amides is 2. The van der Waals surface area contributed by atoms with Crippen LogP contribution in [0.3, 0.4) is 0 Å². The van der Waals surface area contributed by atoms with E-state index < -0.39 is 0 Å². The third kappa shape index (κ3) is 5.33. The fraction of sp³-hybridized carbons (Fsp3) is 0.100. The average molecular weight is 484 g/mol. The van der Waals surface area contributed by atoms with Crippen molar-refractivity contribution in [2.45, 2.75) is 20.0 Å². The first-order valence-electron chi connectivity index (χ1n) is 9.25. The smallest absolute Gasteiger partial charge is 0.277 e. The Bertz CT molecular complexity index is 1210. The van der Waals surface area contributed by atoms with E-state index in [1.54, 1.807) is 37.8 Å². The van der Waals surface area contributed by atoms with Crippen LogP contribution in [0.25, 0.3) is 0 Å². The summed E-state index contributed by atoms with van der Waals surface area (Å²) in [5.74, 6) is -0.428. The van der Waals surface area contributed by atoms with E-state index in [9.17, 15) is 9.59 Å². The minimum absolute atomic E-state index is 0.0690. The molecule has 0 saturated carbocycles. The molecule has 3 heterocycles. The highest BCUT2D eigenvalue weighted by molar-refractivity contribution is 7.99. The van der Waals surface area contributed by atoms with Gasteiger partial charge in [0.15, 0.2) is 10.3 Å². The van der Waals surface area contributed by atoms with Crippen molar-refractivity contribution in [1.29, 1.82) is 0 Å². The zero-order chi connectivity index (χ0) is 22.5. The molecule has 0 spiro atoms. The van der Waals surface area contributed by atoms with Gasteiger partial charge in [0, 0.05) is 41.0 Å². The van der Waals surface area contributed by atoms with Crippen LogP contribution in [0.5, 0.6) is 0 Å². The summed E-state index contributed by atoms with van der Waals surface area (Å²) >= 11 is 3.99. The fourth-order valence-corrected chi connectivity index (χ4v) is 4.66. The molecule has 0 fully saturated rings. The van der Waals surface area contributed by atoms with Crippen LogP contribution in [-0.4, -0.2) is 56.0 Å². The lowest BCUT2D eigenvalue weighted by atomic mass is 10.2. The highest BCUT2D eigenvalue weighted by atomic mass is 32.2. The van der Waals surface area contributed by atoms with Crippen LogP contribution in [-0.2, 0) is 0 Å². The molecule has 0 unspecified atom stereocenters. The van der Waals surface area contributed by atoms with Crippen molar-refractivity contribution in [3.8, 4) is 0 Å². The number of rotatable bonds is 7. The second-order valence-corrected chi connectivity index (χ2v) is 9.53. The van der Waals surface area contributed by atoms with Gasteiger partial charge in [0.05, 0.1) is 0 Å². The van der Waals surface area contributed by atoms with E-state index in [-0.39, 0.29) is 17.5 Å². The van der Waals surface area contributed by atoms with Gasteiger partial charge in [-0.2, -0.15) is 0 Å². The molecule has 0 aliphatic carbocycles. The van der Waals surface area contributed by atoms with Crippen LogP contribution in [0, 0.1) is 0 Å². The van der Waals surface area contributed by atoms with Crippen molar-refractivity contribution in [2.24, 2.45) is 0 Å². The van der Waals surface area contributed by atoms with E-state index in [1.807, 2.05) is 24.3 Å². The van der Waals surface area contributed by atoms with Gasteiger partial charge in [-0.1, -0.05) is 11.8 Å². The number of carbonyl (C=O) groups is 2. The molecule has 0 saturated heterocycles. The predicted molar refractivity (Wildman–Crippen MR) is 123 cm³/mol. The molecule has 4 rings (SSSR count). The zero-order valence-corrected chi connectivity index (χ0v) is 19.4. The molecule has 0 bridgehead atoms. The topological polar surface area (TPSA) is 117 Å². The summed E-state index contributed by atoms with van der Waals surface area (Å²) < 4.78 is 0. The molecular formula is C20H17N7O2S3. The maximum absolute atomic E-state index is 13.0. The molecule has 0 aliphatic rings. The second-order valence-electron chi connectivity index (χ2n) is 6.51. The molecule has 4 aromatic rings. The molecule has 0 aliphatic heterocycles. The number of thiazole rings is 1. The standard InChI is InChI=1S/C20H17N7O2S3/c1-27(2)18(29)12-3-5-13(6-4-12)31-14-7-8-15(32-20-22-11-23-26-20)24-16(14)17(28)25-19-21-9-10-30-19/h3-11H,1-2H3,(H,21,25,28)(H,22,23,26). The molecule has 3 aromatic heterocycles. The maximum Gasteiger partial charge on any atom is 0.277 e. The van der Waals surface area contributed by atoms with Gasteiger partial charge in [-0.3, -0.25) is 14.9 Å². The predicted octanol–water partition coefficient (Wildman–Crippen LogP) is 3.91. The summed E-state index contributed by atoms with van der Waals surface area (Å²) in [7, 11) is 3.42. The van der Waals surface area contributed by atoms with Gasteiger partial charge in [-0.15, -0.1) is 21.5 Å². The fourth-order valence-electron chi connectivity index (χ4n) is 2.57. The summed E-state index contributed by atoms with van der Waals surface area (Å²) in [5.41, 5.74) is 0.862. The first-order chi connectivity index (χ1) is 15.5. The van der Waals surface area contributed by atoms with Crippen molar-refractivity contribution < 1.29 is 9.59 Å². The number of H-pyrrole nitrogens is 1. The summed E-state index contributed by atoms with van der Waals surface area (Å²) in [6, 6.07) is 10.9. The number of aromatic nitrogens is 5. The highest BCUT2D eigenvalue weighted by Crippen LogP contribution is 2.33. The van der Waals surface area contributed by atoms with Crippen LogP contribution in [0.1, 0.15) is 20.8 Å². The first-order valence-corrected chi connectivity index (χ1v) is 11.8. The van der Waals surface area contributed by atoms with Crippen LogP contribution in [0.2, 0.25) is 0 Å². The summed E-state index contributed by atoms with van der Waals surface area (Å²) in [6.45, 7) is 0. The Hall–Kier alpha value is -3.22. The minimum atomic E-state index is -0.359. The minimum Gasteiger partial charge on any atom is -0.345 e. The SMILES string of the molecule is CN(C)C(=O)c1ccc(Sc2ccc(Sc3nnc[nH]3)nc2C(=O)Nc2nccs2)cc1. The normalized spacial score (nSPS) is 10.7. The largest absolute Gasteiger partial charge is 0.345 e. The maximum atomic E-state index is 13.0. The Morgan fingerprint density at radius 2 is 1.91 bits per heavy atom. The Balaban J connectivity index is 1.61. The number of nitrogens with one attached hydrogen (secondary N) is 2. The number of carbonyl (C=O) groups excluding carboxylic acids is 2. The molecule has 0 radical (unpaired) electrons. The van der Waals surface area contributed by atoms with Gasteiger partial charge in [-0.25, -0.2) is 9.97 Å². The lowest BCUT2D eigenvalue weighted by Crippen LogP contribution is -2.21. The summed E-state index contributed by atoms with van der Waals surface area (Å²) in [4.78, 5) is 39.7. The van der Waals surface area contributed by atoms with E-state index in [1.165, 1.54) is 46.1 Å². The van der Waals surface area contributed by atoms with Crippen LogP contribution in [0.4, 0.5) is 5.13 Å². The van der Waals surface area contributed by atoms with Crippen LogP contribution < -0.4 is 5.32 Å². The van der Waals surface area contributed by atoms with Gasteiger partial charge >= 0.3 is 0 Å². The quantitative estimate of drug-likeness (QED) is 0.406. The second kappa shape index (κ2) is 9.94. The average Bonchev–Trinajstić information content (AvgIpc) is 3.49. The third-order valence-corrected chi connectivity index (χ3v) is 6.61. The third-order valence-electron chi connectivity index (χ3n) is 4.03. The van der Waals surface area contributed by atoms with Crippen LogP contribution in [0.15, 0.2) is 74.3 Å². The van der Waals surface area contributed by atoms with E-state index in [4.69, 9.17) is 0 Å². The molecule has 162 valence electrons. The van der Waals surface area contributed by atoms with Gasteiger partial charge in [0.1, 0.15) is 17.0 Å². The van der Waals surface area contributed by atoms with Crippen LogP contribution >= 0.6 is 34.9 Å². The number of benzene rings is 1. The van der Waals surface area contributed by atoms with Gasteiger partial charge in [0.25, 0.3) is 11.8 Å². The molecule has 2 amide bonds. The number of nitrogens with zero attached hydrogens (tertiary/aromatic N) is 5. The summed E-state index contributed by atoms with van der Waals surface area (Å²) in [5, 5.41) is 13.9. The Kier molecular flexibility index (Phi) is 6.83. The zero-order valence-electron chi connectivity index (χ0n) is 17.0. The Morgan fingerprint density at radius 1 is 1.09 bits per heavy atom. The number of pyridine rings is 1. The van der Waals surface area contributed by atoms with E-state index >= 15 is 0 Å². The van der Waals surface area contributed by atoms with Crippen molar-refractivity contribution in [3.05, 3.63) is 65.6 Å². The lowest BCUT2D eigenvalue weighted by Gasteiger charge is -2.12. The van der Waals surface area contributed by atoms with E-state index in [2.05, 4.69) is 30.5 Å². The molecule has 1 aromatic carbocycles. The van der Waals surface area contributed by atoms with Crippen molar-refractivity contribution in [1.82, 2.24) is 30.0 Å². The van der Waals surface area contributed by atoms with Crippen molar-refractivity contribution >= 4 is 51.8 Å². The molecule has 32 heavy (non-hydrogen) atoms. The summed E-state index contributed by atoms with van der Waals surface area (Å²) in [6.07, 6.45) is 3.10. The van der Waals surface area contributed by atoms with Gasteiger partial charge < -0.3 is 9.88 Å². The Labute approximate surface area is 196 Å². The van der Waals surface area contributed by atoms with E-state index in [0.29, 0.717) is 25.8 Å². The number of hydrogen-bond donors (Lipinski definition) is 2. The highest BCUT2D eigenvalue weighted by Gasteiger charge is 2.18. The molecular weight excluding hydrogens is 466 g/mol. The molecule has 0 atom stereocenters.